The number of amides is 1. The van der Waals surface area contributed by atoms with Crippen molar-refractivity contribution in [3.05, 3.63) is 54.1 Å². The smallest absolute Gasteiger partial charge is 0.255 e. The first-order chi connectivity index (χ1) is 12.1. The van der Waals surface area contributed by atoms with Crippen LogP contribution >= 0.6 is 0 Å². The summed E-state index contributed by atoms with van der Waals surface area (Å²) in [6, 6.07) is 14.7. The lowest BCUT2D eigenvalue weighted by atomic mass is 10.2. The quantitative estimate of drug-likeness (QED) is 0.801. The van der Waals surface area contributed by atoms with Crippen molar-refractivity contribution in [2.75, 3.05) is 5.32 Å². The number of nitrogens with one attached hydrogen (secondary N) is 1. The summed E-state index contributed by atoms with van der Waals surface area (Å²) < 4.78 is 11.5. The zero-order valence-electron chi connectivity index (χ0n) is 14.8. The number of anilines is 1. The number of hydrogen-bond acceptors (Lipinski definition) is 3. The normalized spacial score (nSPS) is 14.5. The Labute approximate surface area is 149 Å². The summed E-state index contributed by atoms with van der Waals surface area (Å²) >= 11 is 0. The molecular formula is C21H25NO3. The Kier molecular flexibility index (Phi) is 5.59. The second-order valence-electron chi connectivity index (χ2n) is 6.69. The molecule has 0 saturated heterocycles. The fraction of sp³-hybridized carbons (Fsp3) is 0.381. The van der Waals surface area contributed by atoms with E-state index in [-0.39, 0.29) is 12.0 Å². The molecule has 1 saturated carbocycles. The lowest BCUT2D eigenvalue weighted by Gasteiger charge is -2.13. The minimum Gasteiger partial charge on any atom is -0.491 e. The van der Waals surface area contributed by atoms with E-state index in [2.05, 4.69) is 5.32 Å². The van der Waals surface area contributed by atoms with Gasteiger partial charge in [-0.15, -0.1) is 0 Å². The maximum Gasteiger partial charge on any atom is 0.255 e. The van der Waals surface area contributed by atoms with Crippen LogP contribution in [-0.4, -0.2) is 18.1 Å². The maximum atomic E-state index is 12.3. The summed E-state index contributed by atoms with van der Waals surface area (Å²) in [5.74, 6) is 1.49. The van der Waals surface area contributed by atoms with Gasteiger partial charge < -0.3 is 14.8 Å². The van der Waals surface area contributed by atoms with E-state index in [0.717, 1.165) is 30.0 Å². The molecule has 25 heavy (non-hydrogen) atoms. The van der Waals surface area contributed by atoms with Crippen LogP contribution in [0.1, 0.15) is 49.9 Å². The molecule has 1 fully saturated rings. The van der Waals surface area contributed by atoms with Crippen LogP contribution < -0.4 is 14.8 Å². The highest BCUT2D eigenvalue weighted by Gasteiger charge is 2.16. The van der Waals surface area contributed by atoms with Crippen molar-refractivity contribution in [1.82, 2.24) is 0 Å². The second-order valence-corrected chi connectivity index (χ2v) is 6.69. The lowest BCUT2D eigenvalue weighted by Crippen LogP contribution is -2.13. The number of carbonyl (C=O) groups is 1. The largest absolute Gasteiger partial charge is 0.491 e. The second kappa shape index (κ2) is 8.06. The molecule has 0 aliphatic heterocycles. The first-order valence-electron chi connectivity index (χ1n) is 8.95. The fourth-order valence-corrected chi connectivity index (χ4v) is 2.98. The van der Waals surface area contributed by atoms with Gasteiger partial charge in [-0.05, 0) is 88.1 Å². The molecular weight excluding hydrogens is 314 g/mol. The Balaban J connectivity index is 1.56. The van der Waals surface area contributed by atoms with Crippen molar-refractivity contribution in [2.45, 2.75) is 51.7 Å². The Hall–Kier alpha value is -2.49. The van der Waals surface area contributed by atoms with E-state index in [1.165, 1.54) is 12.8 Å². The van der Waals surface area contributed by atoms with Gasteiger partial charge in [-0.1, -0.05) is 0 Å². The molecule has 2 aromatic rings. The van der Waals surface area contributed by atoms with Crippen LogP contribution in [0.2, 0.25) is 0 Å². The molecule has 1 aliphatic carbocycles. The molecule has 0 unspecified atom stereocenters. The van der Waals surface area contributed by atoms with Crippen LogP contribution in [0, 0.1) is 0 Å². The highest BCUT2D eigenvalue weighted by Crippen LogP contribution is 2.25. The molecule has 0 aromatic heterocycles. The Morgan fingerprint density at radius 3 is 2.16 bits per heavy atom. The average molecular weight is 339 g/mol. The fourth-order valence-electron chi connectivity index (χ4n) is 2.98. The van der Waals surface area contributed by atoms with Crippen LogP contribution in [0.3, 0.4) is 0 Å². The molecule has 4 nitrogen and oxygen atoms in total. The first-order valence-corrected chi connectivity index (χ1v) is 8.95. The topological polar surface area (TPSA) is 47.6 Å². The van der Waals surface area contributed by atoms with Crippen LogP contribution in [0.15, 0.2) is 48.5 Å². The lowest BCUT2D eigenvalue weighted by molar-refractivity contribution is 0.102. The van der Waals surface area contributed by atoms with Gasteiger partial charge in [0.2, 0.25) is 0 Å². The highest BCUT2D eigenvalue weighted by molar-refractivity contribution is 6.04. The standard InChI is InChI=1S/C21H25NO3/c1-15(2)24-19-11-7-16(8-12-19)21(23)22-17-9-13-20(14-10-17)25-18-5-3-4-6-18/h7-15,18H,3-6H2,1-2H3,(H,22,23). The molecule has 1 amide bonds. The Morgan fingerprint density at radius 2 is 1.56 bits per heavy atom. The zero-order valence-corrected chi connectivity index (χ0v) is 14.8. The third-order valence-corrected chi connectivity index (χ3v) is 4.21. The van der Waals surface area contributed by atoms with Crippen molar-refractivity contribution >= 4 is 11.6 Å². The summed E-state index contributed by atoms with van der Waals surface area (Å²) in [6.45, 7) is 3.95. The van der Waals surface area contributed by atoms with Gasteiger partial charge in [0, 0.05) is 11.3 Å². The molecule has 4 heteroatoms. The number of benzene rings is 2. The van der Waals surface area contributed by atoms with Gasteiger partial charge in [0.1, 0.15) is 11.5 Å². The minimum atomic E-state index is -0.138. The first kappa shape index (κ1) is 17.3. The van der Waals surface area contributed by atoms with Gasteiger partial charge in [0.05, 0.1) is 12.2 Å². The van der Waals surface area contributed by atoms with Crippen molar-refractivity contribution < 1.29 is 14.3 Å². The summed E-state index contributed by atoms with van der Waals surface area (Å²) in [5.41, 5.74) is 1.36. The molecule has 0 atom stereocenters. The number of rotatable bonds is 6. The van der Waals surface area contributed by atoms with Gasteiger partial charge in [-0.3, -0.25) is 4.79 Å². The minimum absolute atomic E-state index is 0.115. The molecule has 3 rings (SSSR count). The molecule has 0 spiro atoms. The molecule has 1 N–H and O–H groups in total. The van der Waals surface area contributed by atoms with E-state index in [1.54, 1.807) is 12.1 Å². The monoisotopic (exact) mass is 339 g/mol. The summed E-state index contributed by atoms with van der Waals surface area (Å²) in [7, 11) is 0. The Bertz CT molecular complexity index is 686. The third-order valence-electron chi connectivity index (χ3n) is 4.21. The van der Waals surface area contributed by atoms with Crippen LogP contribution in [0.5, 0.6) is 11.5 Å². The number of ether oxygens (including phenoxy) is 2. The Morgan fingerprint density at radius 1 is 0.960 bits per heavy atom. The van der Waals surface area contributed by atoms with Crippen molar-refractivity contribution in [3.8, 4) is 11.5 Å². The SMILES string of the molecule is CC(C)Oc1ccc(C(=O)Nc2ccc(OC3CCCC3)cc2)cc1. The van der Waals surface area contributed by atoms with Gasteiger partial charge in [0.15, 0.2) is 0 Å². The molecule has 1 aliphatic rings. The predicted octanol–water partition coefficient (Wildman–Crippen LogP) is 5.05. The predicted molar refractivity (Wildman–Crippen MR) is 99.5 cm³/mol. The van der Waals surface area contributed by atoms with Crippen LogP contribution in [0.25, 0.3) is 0 Å². The van der Waals surface area contributed by atoms with E-state index >= 15 is 0 Å². The summed E-state index contributed by atoms with van der Waals surface area (Å²) in [5, 5.41) is 2.90. The van der Waals surface area contributed by atoms with Gasteiger partial charge in [-0.25, -0.2) is 0 Å². The number of hydrogen-bond donors (Lipinski definition) is 1. The molecule has 2 aromatic carbocycles. The summed E-state index contributed by atoms with van der Waals surface area (Å²) in [4.78, 5) is 12.3. The van der Waals surface area contributed by atoms with E-state index in [0.29, 0.717) is 11.7 Å². The van der Waals surface area contributed by atoms with E-state index < -0.39 is 0 Å². The van der Waals surface area contributed by atoms with E-state index in [9.17, 15) is 4.79 Å². The highest BCUT2D eigenvalue weighted by atomic mass is 16.5. The van der Waals surface area contributed by atoms with Gasteiger partial charge >= 0.3 is 0 Å². The van der Waals surface area contributed by atoms with E-state index in [1.807, 2.05) is 50.2 Å². The maximum absolute atomic E-state index is 12.3. The molecule has 0 radical (unpaired) electrons. The van der Waals surface area contributed by atoms with Gasteiger partial charge in [-0.2, -0.15) is 0 Å². The van der Waals surface area contributed by atoms with Crippen molar-refractivity contribution in [2.24, 2.45) is 0 Å². The van der Waals surface area contributed by atoms with Crippen LogP contribution in [-0.2, 0) is 0 Å². The number of carbonyl (C=O) groups excluding carboxylic acids is 1. The van der Waals surface area contributed by atoms with Crippen molar-refractivity contribution in [3.63, 3.8) is 0 Å². The molecule has 132 valence electrons. The zero-order chi connectivity index (χ0) is 17.6. The van der Waals surface area contributed by atoms with E-state index in [4.69, 9.17) is 9.47 Å². The average Bonchev–Trinajstić information content (AvgIpc) is 3.10. The molecule has 0 heterocycles. The van der Waals surface area contributed by atoms with Crippen molar-refractivity contribution in [1.29, 1.82) is 0 Å². The van der Waals surface area contributed by atoms with Crippen LogP contribution in [0.4, 0.5) is 5.69 Å². The third kappa shape index (κ3) is 4.99. The molecule has 0 bridgehead atoms. The summed E-state index contributed by atoms with van der Waals surface area (Å²) in [6.07, 6.45) is 5.22. The van der Waals surface area contributed by atoms with Gasteiger partial charge in [0.25, 0.3) is 5.91 Å².